The number of quaternary nitrogens is 1. The number of fused-ring (bicyclic) bond motifs is 1. The van der Waals surface area contributed by atoms with Crippen LogP contribution in [-0.4, -0.2) is 41.1 Å². The lowest BCUT2D eigenvalue weighted by Crippen LogP contribution is -2.41. The average molecular weight is 328 g/mol. The summed E-state index contributed by atoms with van der Waals surface area (Å²) in [5.74, 6) is 1.33. The molecule has 4 nitrogen and oxygen atoms in total. The third-order valence-corrected chi connectivity index (χ3v) is 5.42. The van der Waals surface area contributed by atoms with E-state index in [-0.39, 0.29) is 4.00 Å². The van der Waals surface area contributed by atoms with E-state index >= 15 is 0 Å². The van der Waals surface area contributed by atoms with E-state index < -0.39 is 0 Å². The lowest BCUT2D eigenvalue weighted by atomic mass is 9.77. The lowest BCUT2D eigenvalue weighted by molar-refractivity contribution is -0.600. The van der Waals surface area contributed by atoms with E-state index in [1.165, 1.54) is 0 Å². The van der Waals surface area contributed by atoms with Crippen LogP contribution < -0.4 is 0 Å². The molecule has 1 saturated carbocycles. The summed E-state index contributed by atoms with van der Waals surface area (Å²) in [5.41, 5.74) is 3.15. The number of halogens is 1. The molecule has 0 spiro atoms. The van der Waals surface area contributed by atoms with Crippen LogP contribution in [0.1, 0.15) is 18.4 Å². The summed E-state index contributed by atoms with van der Waals surface area (Å²) in [6.45, 7) is 0. The van der Waals surface area contributed by atoms with Crippen LogP contribution in [0.25, 0.3) is 0 Å². The molecule has 2 aliphatic heterocycles. The van der Waals surface area contributed by atoms with E-state index in [1.807, 2.05) is 30.6 Å². The van der Waals surface area contributed by atoms with Gasteiger partial charge in [0.2, 0.25) is 5.70 Å². The minimum absolute atomic E-state index is 0.103. The number of amidine groups is 1. The second-order valence-corrected chi connectivity index (χ2v) is 7.10. The van der Waals surface area contributed by atoms with Gasteiger partial charge in [0, 0.05) is 12.0 Å². The van der Waals surface area contributed by atoms with Crippen LogP contribution in [0.3, 0.4) is 0 Å². The molecule has 0 N–H and O–H groups in total. The zero-order valence-corrected chi connectivity index (χ0v) is 14.1. The van der Waals surface area contributed by atoms with Crippen molar-refractivity contribution in [2.75, 3.05) is 14.1 Å². The van der Waals surface area contributed by atoms with Crippen molar-refractivity contribution in [2.24, 2.45) is 15.9 Å². The van der Waals surface area contributed by atoms with Crippen molar-refractivity contribution in [3.8, 4) is 0 Å². The summed E-state index contributed by atoms with van der Waals surface area (Å²) in [4.78, 5) is 11.5. The summed E-state index contributed by atoms with van der Waals surface area (Å²) >= 11 is 6.95. The molecule has 5 heteroatoms. The van der Waals surface area contributed by atoms with Crippen LogP contribution in [-0.2, 0) is 0 Å². The Labute approximate surface area is 141 Å². The van der Waals surface area contributed by atoms with Gasteiger partial charge in [-0.2, -0.15) is 4.99 Å². The molecule has 0 aromatic heterocycles. The van der Waals surface area contributed by atoms with Crippen molar-refractivity contribution in [1.82, 2.24) is 4.90 Å². The van der Waals surface area contributed by atoms with Crippen molar-refractivity contribution in [2.45, 2.75) is 18.9 Å². The first-order chi connectivity index (χ1) is 11.1. The molecular formula is C18H20ClN4+. The van der Waals surface area contributed by atoms with E-state index in [4.69, 9.17) is 16.8 Å². The molecule has 0 amide bonds. The Bertz CT molecular complexity index is 742. The second-order valence-electron chi connectivity index (χ2n) is 6.57. The summed E-state index contributed by atoms with van der Waals surface area (Å²) in [6.07, 6.45) is 7.78. The van der Waals surface area contributed by atoms with Gasteiger partial charge in [-0.1, -0.05) is 18.2 Å². The van der Waals surface area contributed by atoms with Gasteiger partial charge in [0.15, 0.2) is 11.8 Å². The number of nitrogens with zero attached hydrogens (tertiary/aromatic N) is 4. The van der Waals surface area contributed by atoms with Crippen LogP contribution in [0.5, 0.6) is 0 Å². The van der Waals surface area contributed by atoms with Crippen LogP contribution >= 0.6 is 11.8 Å². The summed E-state index contributed by atoms with van der Waals surface area (Å²) in [5, 5.41) is 0. The molecule has 4 rings (SSSR count). The quantitative estimate of drug-likeness (QED) is 0.781. The number of benzene rings is 1. The van der Waals surface area contributed by atoms with Gasteiger partial charge in [-0.3, -0.25) is 4.99 Å². The van der Waals surface area contributed by atoms with Gasteiger partial charge in [-0.15, -0.1) is 4.00 Å². The van der Waals surface area contributed by atoms with Crippen molar-refractivity contribution in [3.63, 3.8) is 0 Å². The third kappa shape index (κ3) is 2.29. The van der Waals surface area contributed by atoms with Gasteiger partial charge in [-0.25, -0.2) is 0 Å². The normalized spacial score (nSPS) is 32.1. The molecule has 0 saturated heterocycles. The Morgan fingerprint density at radius 3 is 2.61 bits per heavy atom. The van der Waals surface area contributed by atoms with Crippen LogP contribution in [0.4, 0.5) is 0 Å². The molecule has 1 aliphatic carbocycles. The monoisotopic (exact) mass is 327 g/mol. The Kier molecular flexibility index (Phi) is 3.48. The zero-order valence-electron chi connectivity index (χ0n) is 13.4. The van der Waals surface area contributed by atoms with Gasteiger partial charge in [0.25, 0.3) is 5.84 Å². The van der Waals surface area contributed by atoms with Gasteiger partial charge in [0.05, 0.1) is 18.0 Å². The Hall–Kier alpha value is -1.75. The van der Waals surface area contributed by atoms with Gasteiger partial charge in [-0.05, 0) is 39.1 Å². The predicted molar refractivity (Wildman–Crippen MR) is 93.9 cm³/mol. The first-order valence-electron chi connectivity index (χ1n) is 7.95. The maximum absolute atomic E-state index is 6.95. The number of aliphatic imine (C=N–C) groups is 2. The molecule has 1 aromatic carbocycles. The molecule has 0 radical (unpaired) electrons. The SMILES string of the molecule is CN(C)C1CC(C2=C3C=NC=C[N+]3(Cl)C(c3ccccc3)=N2)C1. The minimum atomic E-state index is 0.103. The molecule has 1 fully saturated rings. The first kappa shape index (κ1) is 14.8. The molecule has 1 unspecified atom stereocenters. The fourth-order valence-electron chi connectivity index (χ4n) is 3.44. The zero-order chi connectivity index (χ0) is 16.0. The van der Waals surface area contributed by atoms with Crippen molar-refractivity contribution in [1.29, 1.82) is 0 Å². The summed E-state index contributed by atoms with van der Waals surface area (Å²) in [6, 6.07) is 10.8. The molecular weight excluding hydrogens is 308 g/mol. The number of rotatable bonds is 3. The summed E-state index contributed by atoms with van der Waals surface area (Å²) in [7, 11) is 4.28. The van der Waals surface area contributed by atoms with Gasteiger partial charge in [0.1, 0.15) is 11.9 Å². The smallest absolute Gasteiger partial charge is 0.263 e. The van der Waals surface area contributed by atoms with Crippen molar-refractivity contribution in [3.05, 3.63) is 59.7 Å². The topological polar surface area (TPSA) is 28.0 Å². The van der Waals surface area contributed by atoms with E-state index in [0.29, 0.717) is 12.0 Å². The highest BCUT2D eigenvalue weighted by Crippen LogP contribution is 2.45. The molecule has 1 atom stereocenters. The van der Waals surface area contributed by atoms with Gasteiger partial charge < -0.3 is 4.90 Å². The van der Waals surface area contributed by atoms with E-state index in [2.05, 4.69) is 36.1 Å². The molecule has 118 valence electrons. The lowest BCUT2D eigenvalue weighted by Gasteiger charge is -2.39. The number of hydrogen-bond acceptors (Lipinski definition) is 3. The number of hydrogen-bond donors (Lipinski definition) is 0. The highest BCUT2D eigenvalue weighted by atomic mass is 35.5. The van der Waals surface area contributed by atoms with E-state index in [1.54, 1.807) is 6.20 Å². The minimum Gasteiger partial charge on any atom is -0.306 e. The molecule has 0 bridgehead atoms. The highest BCUT2D eigenvalue weighted by Gasteiger charge is 2.49. The Morgan fingerprint density at radius 1 is 1.17 bits per heavy atom. The highest BCUT2D eigenvalue weighted by molar-refractivity contribution is 6.20. The van der Waals surface area contributed by atoms with E-state index in [0.717, 1.165) is 35.6 Å². The molecule has 3 aliphatic rings. The fraction of sp³-hybridized carbons (Fsp3) is 0.333. The maximum atomic E-state index is 6.95. The largest absolute Gasteiger partial charge is 0.306 e. The predicted octanol–water partition coefficient (Wildman–Crippen LogP) is 3.52. The second kappa shape index (κ2) is 5.41. The number of allylic oxidation sites excluding steroid dienone is 2. The van der Waals surface area contributed by atoms with Crippen LogP contribution in [0.2, 0.25) is 0 Å². The van der Waals surface area contributed by atoms with Crippen molar-refractivity contribution >= 4 is 23.8 Å². The Morgan fingerprint density at radius 2 is 1.91 bits per heavy atom. The first-order valence-corrected chi connectivity index (χ1v) is 8.28. The molecule has 2 heterocycles. The van der Waals surface area contributed by atoms with Crippen LogP contribution in [0.15, 0.2) is 64.1 Å². The van der Waals surface area contributed by atoms with Gasteiger partial charge >= 0.3 is 0 Å². The Balaban J connectivity index is 1.72. The molecule has 1 aromatic rings. The molecule has 23 heavy (non-hydrogen) atoms. The maximum Gasteiger partial charge on any atom is 0.263 e. The van der Waals surface area contributed by atoms with Crippen molar-refractivity contribution < 1.29 is 4.00 Å². The summed E-state index contributed by atoms with van der Waals surface area (Å²) < 4.78 is 0.103. The standard InChI is InChI=1S/C18H20ClN4/c1-22(2)15-10-14(11-15)17-16-12-20-8-9-23(16,19)18(21-17)13-6-4-3-5-7-13/h3-9,12,14-15H,10-11H2,1-2H3/q+1. The average Bonchev–Trinajstić information content (AvgIpc) is 2.80. The van der Waals surface area contributed by atoms with Crippen LogP contribution in [0, 0.1) is 5.92 Å². The fourth-order valence-corrected chi connectivity index (χ4v) is 3.76. The third-order valence-electron chi connectivity index (χ3n) is 4.96. The van der Waals surface area contributed by atoms with E-state index in [9.17, 15) is 0 Å².